The number of ether oxygens (including phenoxy) is 1. The molecular weight excluding hydrogens is 320 g/mol. The molecule has 3 rings (SSSR count). The van der Waals surface area contributed by atoms with Crippen molar-refractivity contribution in [2.45, 2.75) is 19.4 Å². The number of rotatable bonds is 7. The summed E-state index contributed by atoms with van der Waals surface area (Å²) in [5.41, 5.74) is 0.710. The molecule has 4 nitrogen and oxygen atoms in total. The molecule has 0 unspecified atom stereocenters. The molecule has 0 aliphatic heterocycles. The van der Waals surface area contributed by atoms with Gasteiger partial charge in [0.2, 0.25) is 5.91 Å². The van der Waals surface area contributed by atoms with Crippen molar-refractivity contribution in [2.75, 3.05) is 11.9 Å². The summed E-state index contributed by atoms with van der Waals surface area (Å²) in [6.07, 6.45) is 4.35. The van der Waals surface area contributed by atoms with E-state index in [9.17, 15) is 4.79 Å². The van der Waals surface area contributed by atoms with Crippen molar-refractivity contribution in [2.24, 2.45) is 0 Å². The van der Waals surface area contributed by atoms with Crippen LogP contribution in [0.1, 0.15) is 24.3 Å². The van der Waals surface area contributed by atoms with E-state index in [-0.39, 0.29) is 11.9 Å². The zero-order valence-corrected chi connectivity index (χ0v) is 14.3. The van der Waals surface area contributed by atoms with Gasteiger partial charge in [-0.25, -0.2) is 0 Å². The molecule has 5 heteroatoms. The minimum Gasteiger partial charge on any atom is -0.492 e. The second kappa shape index (κ2) is 7.84. The lowest BCUT2D eigenvalue weighted by Crippen LogP contribution is -2.19. The van der Waals surface area contributed by atoms with Crippen molar-refractivity contribution in [3.05, 3.63) is 71.2 Å². The van der Waals surface area contributed by atoms with Crippen LogP contribution in [0.15, 0.2) is 66.3 Å². The first kappa shape index (κ1) is 16.3. The lowest BCUT2D eigenvalue weighted by atomic mass is 10.1. The van der Waals surface area contributed by atoms with Gasteiger partial charge in [0.25, 0.3) is 0 Å². The Morgan fingerprint density at radius 2 is 1.96 bits per heavy atom. The Morgan fingerprint density at radius 1 is 1.17 bits per heavy atom. The van der Waals surface area contributed by atoms with E-state index in [2.05, 4.69) is 16.0 Å². The fourth-order valence-corrected chi connectivity index (χ4v) is 3.45. The van der Waals surface area contributed by atoms with Crippen LogP contribution in [-0.4, -0.2) is 17.1 Å². The Hall–Kier alpha value is -2.53. The number of carbonyl (C=O) groups excluding carboxylic acids is 1. The summed E-state index contributed by atoms with van der Waals surface area (Å²) in [5.74, 6) is 0.663. The Balaban J connectivity index is 1.75. The topological polar surface area (TPSA) is 43.3 Å². The molecule has 0 spiro atoms. The van der Waals surface area contributed by atoms with Crippen molar-refractivity contribution in [1.29, 1.82) is 0 Å². The number of thiophene rings is 1. The summed E-state index contributed by atoms with van der Waals surface area (Å²) in [6, 6.07) is 15.5. The first-order valence-electron chi connectivity index (χ1n) is 7.95. The van der Waals surface area contributed by atoms with Gasteiger partial charge in [0, 0.05) is 17.3 Å². The number of aromatic nitrogens is 1. The van der Waals surface area contributed by atoms with Gasteiger partial charge in [-0.3, -0.25) is 4.79 Å². The van der Waals surface area contributed by atoms with E-state index in [0.29, 0.717) is 24.5 Å². The monoisotopic (exact) mass is 340 g/mol. The Kier molecular flexibility index (Phi) is 5.33. The van der Waals surface area contributed by atoms with Crippen molar-refractivity contribution in [1.82, 2.24) is 4.57 Å². The number of hydrogen-bond acceptors (Lipinski definition) is 3. The van der Waals surface area contributed by atoms with Crippen molar-refractivity contribution < 1.29 is 9.53 Å². The highest BCUT2D eigenvalue weighted by atomic mass is 32.1. The molecule has 3 aromatic rings. The van der Waals surface area contributed by atoms with Gasteiger partial charge < -0.3 is 14.6 Å². The van der Waals surface area contributed by atoms with E-state index >= 15 is 0 Å². The zero-order valence-electron chi connectivity index (χ0n) is 13.5. The SMILES string of the molecule is CCOc1ccccc1NC(=O)C[C@@H](c1cccs1)n1cccc1. The molecule has 0 aliphatic rings. The molecular formula is C19H20N2O2S. The number of amides is 1. The lowest BCUT2D eigenvalue weighted by molar-refractivity contribution is -0.116. The molecule has 1 amide bonds. The van der Waals surface area contributed by atoms with Crippen molar-refractivity contribution >= 4 is 22.9 Å². The molecule has 0 radical (unpaired) electrons. The molecule has 0 saturated carbocycles. The van der Waals surface area contributed by atoms with Gasteiger partial charge in [0.05, 0.1) is 24.8 Å². The van der Waals surface area contributed by atoms with E-state index in [4.69, 9.17) is 4.74 Å². The highest BCUT2D eigenvalue weighted by Gasteiger charge is 2.19. The zero-order chi connectivity index (χ0) is 16.8. The number of nitrogens with zero attached hydrogens (tertiary/aromatic N) is 1. The van der Waals surface area contributed by atoms with Crippen LogP contribution in [0.2, 0.25) is 0 Å². The minimum atomic E-state index is -0.0331. The molecule has 0 aliphatic carbocycles. The summed E-state index contributed by atoms with van der Waals surface area (Å²) in [5, 5.41) is 5.01. The number of nitrogens with one attached hydrogen (secondary N) is 1. The van der Waals surface area contributed by atoms with Gasteiger partial charge in [-0.15, -0.1) is 11.3 Å². The molecule has 0 saturated heterocycles. The van der Waals surface area contributed by atoms with Crippen molar-refractivity contribution in [3.8, 4) is 5.75 Å². The first-order chi connectivity index (χ1) is 11.8. The maximum atomic E-state index is 12.6. The molecule has 2 aromatic heterocycles. The fraction of sp³-hybridized carbons (Fsp3) is 0.211. The third-order valence-corrected chi connectivity index (χ3v) is 4.67. The average molecular weight is 340 g/mol. The standard InChI is InChI=1S/C19H20N2O2S/c1-2-23-17-9-4-3-8-15(17)20-19(22)14-16(18-10-7-13-24-18)21-11-5-6-12-21/h3-13,16H,2,14H2,1H3,(H,20,22)/t16-/m0/s1. The van der Waals surface area contributed by atoms with E-state index < -0.39 is 0 Å². The lowest BCUT2D eigenvalue weighted by Gasteiger charge is -2.18. The van der Waals surface area contributed by atoms with Crippen LogP contribution >= 0.6 is 11.3 Å². The normalized spacial score (nSPS) is 11.9. The molecule has 24 heavy (non-hydrogen) atoms. The van der Waals surface area contributed by atoms with Crippen LogP contribution < -0.4 is 10.1 Å². The Labute approximate surface area is 145 Å². The van der Waals surface area contributed by atoms with E-state index in [0.717, 1.165) is 0 Å². The van der Waals surface area contributed by atoms with E-state index in [1.54, 1.807) is 11.3 Å². The van der Waals surface area contributed by atoms with Gasteiger partial charge in [0.15, 0.2) is 0 Å². The van der Waals surface area contributed by atoms with Gasteiger partial charge in [-0.05, 0) is 42.6 Å². The molecule has 0 bridgehead atoms. The number of para-hydroxylation sites is 2. The first-order valence-corrected chi connectivity index (χ1v) is 8.83. The fourth-order valence-electron chi connectivity index (χ4n) is 2.62. The second-order valence-corrected chi connectivity index (χ2v) is 6.32. The second-order valence-electron chi connectivity index (χ2n) is 5.34. The Morgan fingerprint density at radius 3 is 2.67 bits per heavy atom. The highest BCUT2D eigenvalue weighted by Crippen LogP contribution is 2.28. The average Bonchev–Trinajstić information content (AvgIpc) is 3.29. The van der Waals surface area contributed by atoms with Crippen LogP contribution in [0.3, 0.4) is 0 Å². The van der Waals surface area contributed by atoms with Crippen LogP contribution in [-0.2, 0) is 4.79 Å². The van der Waals surface area contributed by atoms with Crippen LogP contribution in [0, 0.1) is 0 Å². The number of benzene rings is 1. The predicted octanol–water partition coefficient (Wildman–Crippen LogP) is 4.57. The largest absolute Gasteiger partial charge is 0.492 e. The number of carbonyl (C=O) groups is 1. The Bertz CT molecular complexity index is 732. The van der Waals surface area contributed by atoms with Gasteiger partial charge in [-0.2, -0.15) is 0 Å². The molecule has 1 aromatic carbocycles. The number of anilines is 1. The van der Waals surface area contributed by atoms with E-state index in [1.165, 1.54) is 4.88 Å². The third kappa shape index (κ3) is 3.86. The molecule has 2 heterocycles. The highest BCUT2D eigenvalue weighted by molar-refractivity contribution is 7.10. The summed E-state index contributed by atoms with van der Waals surface area (Å²) in [7, 11) is 0. The van der Waals surface area contributed by atoms with Gasteiger partial charge in [0.1, 0.15) is 5.75 Å². The summed E-state index contributed by atoms with van der Waals surface area (Å²) in [4.78, 5) is 13.8. The van der Waals surface area contributed by atoms with Gasteiger partial charge >= 0.3 is 0 Å². The predicted molar refractivity (Wildman–Crippen MR) is 97.7 cm³/mol. The third-order valence-electron chi connectivity index (χ3n) is 3.70. The molecule has 1 N–H and O–H groups in total. The molecule has 1 atom stereocenters. The summed E-state index contributed by atoms with van der Waals surface area (Å²) < 4.78 is 7.64. The van der Waals surface area contributed by atoms with Crippen molar-refractivity contribution in [3.63, 3.8) is 0 Å². The quantitative estimate of drug-likeness (QED) is 0.685. The summed E-state index contributed by atoms with van der Waals surface area (Å²) in [6.45, 7) is 2.49. The van der Waals surface area contributed by atoms with Crippen LogP contribution in [0.4, 0.5) is 5.69 Å². The smallest absolute Gasteiger partial charge is 0.226 e. The maximum Gasteiger partial charge on any atom is 0.226 e. The molecule has 0 fully saturated rings. The number of hydrogen-bond donors (Lipinski definition) is 1. The van der Waals surface area contributed by atoms with Gasteiger partial charge in [-0.1, -0.05) is 18.2 Å². The van der Waals surface area contributed by atoms with Crippen LogP contribution in [0.5, 0.6) is 5.75 Å². The van der Waals surface area contributed by atoms with Crippen LogP contribution in [0.25, 0.3) is 0 Å². The summed E-state index contributed by atoms with van der Waals surface area (Å²) >= 11 is 1.66. The molecule has 124 valence electrons. The minimum absolute atomic E-state index is 0.000689. The maximum absolute atomic E-state index is 12.6. The van der Waals surface area contributed by atoms with E-state index in [1.807, 2.05) is 67.2 Å².